The molecule has 13 nitrogen and oxygen atoms in total. The fourth-order valence-electron chi connectivity index (χ4n) is 3.50. The number of rotatable bonds is 15. The zero-order valence-electron chi connectivity index (χ0n) is 19.0. The third-order valence-corrected chi connectivity index (χ3v) is 6.01. The normalized spacial score (nSPS) is 17.9. The Morgan fingerprint density at radius 1 is 1.03 bits per heavy atom. The lowest BCUT2D eigenvalue weighted by Gasteiger charge is -2.29. The predicted octanol–water partition coefficient (Wildman–Crippen LogP) is -1.76. The van der Waals surface area contributed by atoms with E-state index in [1.807, 2.05) is 6.26 Å². The van der Waals surface area contributed by atoms with Crippen LogP contribution in [0.4, 0.5) is 0 Å². The molecule has 8 N–H and O–H groups in total. The molecular formula is C20H33N5O8S. The number of carbonyl (C=O) groups is 6. The lowest BCUT2D eigenvalue weighted by atomic mass is 10.1. The lowest BCUT2D eigenvalue weighted by Crippen LogP contribution is -2.57. The minimum absolute atomic E-state index is 0.0532. The molecule has 34 heavy (non-hydrogen) atoms. The number of thioether (sulfide) groups is 1. The van der Waals surface area contributed by atoms with Crippen molar-refractivity contribution in [1.82, 2.24) is 15.5 Å². The summed E-state index contributed by atoms with van der Waals surface area (Å²) in [6, 6.07) is -4.46. The first-order chi connectivity index (χ1) is 16.0. The van der Waals surface area contributed by atoms with Gasteiger partial charge in [0.15, 0.2) is 0 Å². The first-order valence-electron chi connectivity index (χ1n) is 10.9. The van der Waals surface area contributed by atoms with Crippen molar-refractivity contribution in [3.63, 3.8) is 0 Å². The topological polar surface area (TPSA) is 222 Å². The van der Waals surface area contributed by atoms with Gasteiger partial charge in [-0.05, 0) is 44.1 Å². The smallest absolute Gasteiger partial charge is 0.326 e. The molecule has 0 aromatic carbocycles. The van der Waals surface area contributed by atoms with Gasteiger partial charge in [0.05, 0.1) is 6.04 Å². The molecule has 4 atom stereocenters. The number of carbonyl (C=O) groups excluding carboxylic acids is 4. The van der Waals surface area contributed by atoms with E-state index in [0.717, 1.165) is 0 Å². The SMILES string of the molecule is CSCCC(NC(=O)C1CCCN1C(=O)C(CCC(=O)O)NC(=O)C(N)CCC(N)=O)C(=O)O. The van der Waals surface area contributed by atoms with Gasteiger partial charge in [-0.25, -0.2) is 4.79 Å². The Kier molecular flexibility index (Phi) is 12.4. The Bertz CT molecular complexity index is 780. The molecule has 0 radical (unpaired) electrons. The van der Waals surface area contributed by atoms with Gasteiger partial charge < -0.3 is 37.2 Å². The third-order valence-electron chi connectivity index (χ3n) is 5.36. The number of carboxylic acid groups (broad SMARTS) is 2. The fourth-order valence-corrected chi connectivity index (χ4v) is 3.97. The quantitative estimate of drug-likeness (QED) is 0.148. The lowest BCUT2D eigenvalue weighted by molar-refractivity contribution is -0.145. The maximum atomic E-state index is 13.2. The Balaban J connectivity index is 2.94. The van der Waals surface area contributed by atoms with Crippen LogP contribution in [0.15, 0.2) is 0 Å². The van der Waals surface area contributed by atoms with Crippen molar-refractivity contribution in [2.45, 2.75) is 69.1 Å². The Hall–Kier alpha value is -2.87. The van der Waals surface area contributed by atoms with Crippen molar-refractivity contribution in [1.29, 1.82) is 0 Å². The van der Waals surface area contributed by atoms with Crippen LogP contribution in [0.1, 0.15) is 44.9 Å². The maximum Gasteiger partial charge on any atom is 0.326 e. The van der Waals surface area contributed by atoms with E-state index < -0.39 is 66.2 Å². The van der Waals surface area contributed by atoms with Gasteiger partial charge in [-0.15, -0.1) is 0 Å². The van der Waals surface area contributed by atoms with Gasteiger partial charge in [0.25, 0.3) is 0 Å². The molecule has 0 aliphatic carbocycles. The largest absolute Gasteiger partial charge is 0.481 e. The monoisotopic (exact) mass is 503 g/mol. The molecule has 4 amide bonds. The van der Waals surface area contributed by atoms with Crippen LogP contribution in [0.25, 0.3) is 0 Å². The predicted molar refractivity (Wildman–Crippen MR) is 123 cm³/mol. The highest BCUT2D eigenvalue weighted by atomic mass is 32.2. The summed E-state index contributed by atoms with van der Waals surface area (Å²) in [5, 5.41) is 23.3. The van der Waals surface area contributed by atoms with Crippen LogP contribution < -0.4 is 22.1 Å². The first-order valence-corrected chi connectivity index (χ1v) is 12.3. The van der Waals surface area contributed by atoms with E-state index in [9.17, 15) is 33.9 Å². The van der Waals surface area contributed by atoms with Gasteiger partial charge in [0.2, 0.25) is 23.6 Å². The Morgan fingerprint density at radius 3 is 2.26 bits per heavy atom. The van der Waals surface area contributed by atoms with Crippen molar-refractivity contribution < 1.29 is 39.0 Å². The second kappa shape index (κ2) is 14.4. The van der Waals surface area contributed by atoms with Crippen LogP contribution in [0, 0.1) is 0 Å². The van der Waals surface area contributed by atoms with E-state index in [-0.39, 0.29) is 32.2 Å². The van der Waals surface area contributed by atoms with Gasteiger partial charge in [-0.2, -0.15) is 11.8 Å². The number of hydrogen-bond donors (Lipinski definition) is 6. The summed E-state index contributed by atoms with van der Waals surface area (Å²) in [6.45, 7) is 0.187. The van der Waals surface area contributed by atoms with E-state index in [1.54, 1.807) is 0 Å². The maximum absolute atomic E-state index is 13.2. The number of carboxylic acids is 2. The number of aliphatic carboxylic acids is 2. The number of hydrogen-bond acceptors (Lipinski definition) is 8. The highest BCUT2D eigenvalue weighted by Crippen LogP contribution is 2.20. The third kappa shape index (κ3) is 9.55. The summed E-state index contributed by atoms with van der Waals surface area (Å²) >= 11 is 1.43. The number of primary amides is 1. The number of nitrogens with zero attached hydrogens (tertiary/aromatic N) is 1. The van der Waals surface area contributed by atoms with E-state index >= 15 is 0 Å². The summed E-state index contributed by atoms with van der Waals surface area (Å²) in [7, 11) is 0. The second-order valence-electron chi connectivity index (χ2n) is 7.98. The Morgan fingerprint density at radius 2 is 1.71 bits per heavy atom. The summed E-state index contributed by atoms with van der Waals surface area (Å²) in [6.07, 6.45) is 1.94. The zero-order chi connectivity index (χ0) is 25.8. The number of nitrogens with two attached hydrogens (primary N) is 2. The molecule has 1 aliphatic rings. The summed E-state index contributed by atoms with van der Waals surface area (Å²) in [5.41, 5.74) is 10.8. The molecule has 0 spiro atoms. The zero-order valence-corrected chi connectivity index (χ0v) is 19.8. The van der Waals surface area contributed by atoms with Crippen molar-refractivity contribution in [3.8, 4) is 0 Å². The average Bonchev–Trinajstić information content (AvgIpc) is 3.26. The van der Waals surface area contributed by atoms with E-state index in [4.69, 9.17) is 16.6 Å². The van der Waals surface area contributed by atoms with Crippen LogP contribution in [-0.4, -0.2) is 93.4 Å². The highest BCUT2D eigenvalue weighted by Gasteiger charge is 2.39. The molecule has 0 saturated carbocycles. The first kappa shape index (κ1) is 29.2. The van der Waals surface area contributed by atoms with Crippen molar-refractivity contribution in [2.24, 2.45) is 11.5 Å². The molecule has 0 aromatic heterocycles. The minimum Gasteiger partial charge on any atom is -0.481 e. The molecule has 14 heteroatoms. The molecule has 1 heterocycles. The van der Waals surface area contributed by atoms with Crippen LogP contribution >= 0.6 is 11.8 Å². The van der Waals surface area contributed by atoms with Crippen LogP contribution in [0.3, 0.4) is 0 Å². The molecule has 192 valence electrons. The minimum atomic E-state index is -1.26. The molecular weight excluding hydrogens is 470 g/mol. The van der Waals surface area contributed by atoms with Gasteiger partial charge >= 0.3 is 11.9 Å². The molecule has 1 rings (SSSR count). The number of amides is 4. The number of nitrogens with one attached hydrogen (secondary N) is 2. The average molecular weight is 504 g/mol. The van der Waals surface area contributed by atoms with E-state index in [0.29, 0.717) is 18.6 Å². The molecule has 1 saturated heterocycles. The van der Waals surface area contributed by atoms with E-state index in [1.165, 1.54) is 16.7 Å². The highest BCUT2D eigenvalue weighted by molar-refractivity contribution is 7.98. The molecule has 4 unspecified atom stereocenters. The van der Waals surface area contributed by atoms with Crippen LogP contribution in [0.5, 0.6) is 0 Å². The molecule has 0 bridgehead atoms. The summed E-state index contributed by atoms with van der Waals surface area (Å²) in [5.74, 6) is -4.54. The summed E-state index contributed by atoms with van der Waals surface area (Å²) < 4.78 is 0. The molecule has 0 aromatic rings. The van der Waals surface area contributed by atoms with E-state index in [2.05, 4.69) is 10.6 Å². The number of likely N-dealkylation sites (tertiary alicyclic amines) is 1. The van der Waals surface area contributed by atoms with Gasteiger partial charge in [-0.1, -0.05) is 0 Å². The van der Waals surface area contributed by atoms with Crippen LogP contribution in [0.2, 0.25) is 0 Å². The molecule has 1 fully saturated rings. The van der Waals surface area contributed by atoms with Gasteiger partial charge in [0.1, 0.15) is 18.1 Å². The Labute approximate surface area is 201 Å². The second-order valence-corrected chi connectivity index (χ2v) is 8.96. The van der Waals surface area contributed by atoms with Gasteiger partial charge in [-0.3, -0.25) is 24.0 Å². The van der Waals surface area contributed by atoms with Crippen molar-refractivity contribution in [2.75, 3.05) is 18.6 Å². The van der Waals surface area contributed by atoms with Crippen molar-refractivity contribution >= 4 is 47.3 Å². The van der Waals surface area contributed by atoms with Crippen molar-refractivity contribution in [3.05, 3.63) is 0 Å². The summed E-state index contributed by atoms with van der Waals surface area (Å²) in [4.78, 5) is 73.1. The standard InChI is InChI=1S/C20H33N5O8S/c1-34-10-8-13(20(32)33)24-18(30)14-3-2-9-25(14)19(31)12(5-7-16(27)28)23-17(29)11(21)4-6-15(22)26/h11-14H,2-10,21H2,1H3,(H2,22,26)(H,23,29)(H,24,30)(H,27,28)(H,32,33). The van der Waals surface area contributed by atoms with Gasteiger partial charge in [0, 0.05) is 19.4 Å². The molecule has 1 aliphatic heterocycles. The van der Waals surface area contributed by atoms with Crippen LogP contribution in [-0.2, 0) is 28.8 Å². The fraction of sp³-hybridized carbons (Fsp3) is 0.700.